The van der Waals surface area contributed by atoms with E-state index >= 15 is 0 Å². The van der Waals surface area contributed by atoms with E-state index in [1.807, 2.05) is 19.9 Å². The summed E-state index contributed by atoms with van der Waals surface area (Å²) in [7, 11) is 0. The fraction of sp³-hybridized carbons (Fsp3) is 0.429. The lowest BCUT2D eigenvalue weighted by Gasteiger charge is -2.22. The molecule has 0 aliphatic carbocycles. The molecule has 0 atom stereocenters. The van der Waals surface area contributed by atoms with Crippen LogP contribution in [0.2, 0.25) is 0 Å². The molecule has 1 amide bonds. The molecule has 0 saturated carbocycles. The fourth-order valence-electron chi connectivity index (χ4n) is 1.46. The minimum Gasteiger partial charge on any atom is -0.396 e. The van der Waals surface area contributed by atoms with Gasteiger partial charge in [-0.3, -0.25) is 4.79 Å². The van der Waals surface area contributed by atoms with E-state index in [1.54, 1.807) is 25.1 Å². The van der Waals surface area contributed by atoms with Gasteiger partial charge < -0.3 is 10.4 Å². The van der Waals surface area contributed by atoms with Crippen molar-refractivity contribution < 1.29 is 9.90 Å². The SMILES string of the molecule is Cc1cc(C#N)ccc1C(=O)NCC(C)(C)CO. The van der Waals surface area contributed by atoms with Gasteiger partial charge in [0.1, 0.15) is 0 Å². The molecule has 0 unspecified atom stereocenters. The fourth-order valence-corrected chi connectivity index (χ4v) is 1.46. The number of rotatable bonds is 4. The summed E-state index contributed by atoms with van der Waals surface area (Å²) < 4.78 is 0. The second-order valence-corrected chi connectivity index (χ2v) is 5.15. The Bertz CT molecular complexity index is 487. The largest absolute Gasteiger partial charge is 0.396 e. The minimum atomic E-state index is -0.337. The summed E-state index contributed by atoms with van der Waals surface area (Å²) in [5.41, 5.74) is 1.53. The van der Waals surface area contributed by atoms with Gasteiger partial charge in [-0.25, -0.2) is 0 Å². The predicted molar refractivity (Wildman–Crippen MR) is 69.1 cm³/mol. The first-order chi connectivity index (χ1) is 8.39. The monoisotopic (exact) mass is 246 g/mol. The Labute approximate surface area is 107 Å². The maximum Gasteiger partial charge on any atom is 0.251 e. The maximum atomic E-state index is 12.0. The van der Waals surface area contributed by atoms with Crippen molar-refractivity contribution in [2.75, 3.05) is 13.2 Å². The number of aliphatic hydroxyl groups is 1. The van der Waals surface area contributed by atoms with E-state index in [0.29, 0.717) is 17.7 Å². The predicted octanol–water partition coefficient (Wildman–Crippen LogP) is 1.61. The Morgan fingerprint density at radius 1 is 1.50 bits per heavy atom. The van der Waals surface area contributed by atoms with Crippen molar-refractivity contribution in [3.63, 3.8) is 0 Å². The van der Waals surface area contributed by atoms with Crippen molar-refractivity contribution in [1.29, 1.82) is 5.26 Å². The molecule has 4 nitrogen and oxygen atoms in total. The number of nitrogens with zero attached hydrogens (tertiary/aromatic N) is 1. The molecule has 0 saturated heterocycles. The molecule has 0 radical (unpaired) electrons. The van der Waals surface area contributed by atoms with Crippen LogP contribution < -0.4 is 5.32 Å². The Morgan fingerprint density at radius 3 is 2.67 bits per heavy atom. The van der Waals surface area contributed by atoms with Crippen LogP contribution in [0.3, 0.4) is 0 Å². The molecule has 4 heteroatoms. The average Bonchev–Trinajstić information content (AvgIpc) is 2.36. The van der Waals surface area contributed by atoms with Crippen LogP contribution in [0.5, 0.6) is 0 Å². The molecule has 0 aliphatic heterocycles. The maximum absolute atomic E-state index is 12.0. The van der Waals surface area contributed by atoms with Crippen LogP contribution in [0.1, 0.15) is 35.3 Å². The van der Waals surface area contributed by atoms with E-state index in [1.165, 1.54) is 0 Å². The highest BCUT2D eigenvalue weighted by atomic mass is 16.3. The molecule has 0 spiro atoms. The summed E-state index contributed by atoms with van der Waals surface area (Å²) in [6.45, 7) is 5.96. The van der Waals surface area contributed by atoms with E-state index in [-0.39, 0.29) is 17.9 Å². The molecule has 18 heavy (non-hydrogen) atoms. The highest BCUT2D eigenvalue weighted by Gasteiger charge is 2.18. The Morgan fingerprint density at radius 2 is 2.17 bits per heavy atom. The number of aliphatic hydroxyl groups excluding tert-OH is 1. The van der Waals surface area contributed by atoms with Crippen molar-refractivity contribution in [3.05, 3.63) is 34.9 Å². The molecule has 0 bridgehead atoms. The van der Waals surface area contributed by atoms with Crippen LogP contribution in [0.15, 0.2) is 18.2 Å². The van der Waals surface area contributed by atoms with Crippen molar-refractivity contribution >= 4 is 5.91 Å². The van der Waals surface area contributed by atoms with Gasteiger partial charge in [0.15, 0.2) is 0 Å². The molecular formula is C14H18N2O2. The number of hydrogen-bond acceptors (Lipinski definition) is 3. The molecule has 0 fully saturated rings. The van der Waals surface area contributed by atoms with E-state index in [4.69, 9.17) is 10.4 Å². The summed E-state index contributed by atoms with van der Waals surface area (Å²) in [5, 5.41) is 20.7. The second-order valence-electron chi connectivity index (χ2n) is 5.15. The number of nitrogens with one attached hydrogen (secondary N) is 1. The summed E-state index contributed by atoms with van der Waals surface area (Å²) >= 11 is 0. The van der Waals surface area contributed by atoms with Crippen LogP contribution in [0.25, 0.3) is 0 Å². The van der Waals surface area contributed by atoms with Gasteiger partial charge in [-0.15, -0.1) is 0 Å². The van der Waals surface area contributed by atoms with Crippen molar-refractivity contribution in [3.8, 4) is 6.07 Å². The molecule has 96 valence electrons. The van der Waals surface area contributed by atoms with Gasteiger partial charge >= 0.3 is 0 Å². The standard InChI is InChI=1S/C14H18N2O2/c1-10-6-11(7-15)4-5-12(10)13(18)16-8-14(2,3)9-17/h4-6,17H,8-9H2,1-3H3,(H,16,18). The first kappa shape index (κ1) is 14.2. The quantitative estimate of drug-likeness (QED) is 0.847. The number of hydrogen-bond donors (Lipinski definition) is 2. The van der Waals surface area contributed by atoms with Gasteiger partial charge in [-0.1, -0.05) is 13.8 Å². The van der Waals surface area contributed by atoms with Gasteiger partial charge in [0.25, 0.3) is 5.91 Å². The summed E-state index contributed by atoms with van der Waals surface area (Å²) in [6.07, 6.45) is 0. The van der Waals surface area contributed by atoms with E-state index in [9.17, 15) is 4.79 Å². The first-order valence-electron chi connectivity index (χ1n) is 5.79. The van der Waals surface area contributed by atoms with Crippen LogP contribution >= 0.6 is 0 Å². The zero-order valence-electron chi connectivity index (χ0n) is 10.9. The van der Waals surface area contributed by atoms with E-state index in [2.05, 4.69) is 5.32 Å². The first-order valence-corrected chi connectivity index (χ1v) is 5.79. The zero-order chi connectivity index (χ0) is 13.8. The third-order valence-electron chi connectivity index (χ3n) is 2.76. The lowest BCUT2D eigenvalue weighted by Crippen LogP contribution is -2.36. The van der Waals surface area contributed by atoms with Crippen LogP contribution in [0, 0.1) is 23.7 Å². The Kier molecular flexibility index (Phi) is 4.46. The van der Waals surface area contributed by atoms with Gasteiger partial charge in [0, 0.05) is 24.1 Å². The number of amides is 1. The number of carbonyl (C=O) groups is 1. The van der Waals surface area contributed by atoms with Gasteiger partial charge in [0.2, 0.25) is 0 Å². The summed E-state index contributed by atoms with van der Waals surface area (Å²) in [5.74, 6) is -0.182. The second kappa shape index (κ2) is 5.65. The summed E-state index contributed by atoms with van der Waals surface area (Å²) in [4.78, 5) is 12.0. The van der Waals surface area contributed by atoms with Gasteiger partial charge in [-0.05, 0) is 30.7 Å². The molecule has 1 aromatic rings. The van der Waals surface area contributed by atoms with E-state index < -0.39 is 0 Å². The molecule has 0 aromatic heterocycles. The van der Waals surface area contributed by atoms with Crippen molar-refractivity contribution in [2.24, 2.45) is 5.41 Å². The number of aryl methyl sites for hydroxylation is 1. The smallest absolute Gasteiger partial charge is 0.251 e. The Balaban J connectivity index is 2.77. The van der Waals surface area contributed by atoms with Crippen LogP contribution in [0.4, 0.5) is 0 Å². The van der Waals surface area contributed by atoms with Gasteiger partial charge in [0.05, 0.1) is 11.6 Å². The normalized spacial score (nSPS) is 10.8. The zero-order valence-corrected chi connectivity index (χ0v) is 10.9. The lowest BCUT2D eigenvalue weighted by atomic mass is 9.94. The number of benzene rings is 1. The van der Waals surface area contributed by atoms with Crippen molar-refractivity contribution in [2.45, 2.75) is 20.8 Å². The third-order valence-corrected chi connectivity index (χ3v) is 2.76. The molecule has 0 heterocycles. The molecule has 2 N–H and O–H groups in total. The highest BCUT2D eigenvalue weighted by Crippen LogP contribution is 2.14. The third kappa shape index (κ3) is 3.57. The Hall–Kier alpha value is -1.86. The topological polar surface area (TPSA) is 73.1 Å². The van der Waals surface area contributed by atoms with Gasteiger partial charge in [-0.2, -0.15) is 5.26 Å². The number of nitriles is 1. The minimum absolute atomic E-state index is 0.0135. The van der Waals surface area contributed by atoms with Crippen LogP contribution in [-0.4, -0.2) is 24.2 Å². The van der Waals surface area contributed by atoms with E-state index in [0.717, 1.165) is 5.56 Å². The summed E-state index contributed by atoms with van der Waals surface area (Å²) in [6, 6.07) is 6.99. The molecular weight excluding hydrogens is 228 g/mol. The molecule has 1 rings (SSSR count). The average molecular weight is 246 g/mol. The van der Waals surface area contributed by atoms with Crippen LogP contribution in [-0.2, 0) is 0 Å². The molecule has 1 aromatic carbocycles. The highest BCUT2D eigenvalue weighted by molar-refractivity contribution is 5.95. The molecule has 0 aliphatic rings. The number of carbonyl (C=O) groups excluding carboxylic acids is 1. The van der Waals surface area contributed by atoms with Crippen molar-refractivity contribution in [1.82, 2.24) is 5.32 Å². The lowest BCUT2D eigenvalue weighted by molar-refractivity contribution is 0.0910.